The lowest BCUT2D eigenvalue weighted by atomic mass is 10.2. The molecule has 2 aromatic carbocycles. The van der Waals surface area contributed by atoms with E-state index in [0.717, 1.165) is 16.8 Å². The molecule has 116 valence electrons. The van der Waals surface area contributed by atoms with Crippen LogP contribution in [0.5, 0.6) is 5.75 Å². The zero-order valence-electron chi connectivity index (χ0n) is 13.3. The molecule has 23 heavy (non-hydrogen) atoms. The van der Waals surface area contributed by atoms with Crippen molar-refractivity contribution in [3.63, 3.8) is 0 Å². The van der Waals surface area contributed by atoms with Crippen molar-refractivity contribution in [2.75, 3.05) is 0 Å². The van der Waals surface area contributed by atoms with Crippen molar-refractivity contribution < 1.29 is 9.53 Å². The predicted molar refractivity (Wildman–Crippen MR) is 87.0 cm³/mol. The molecule has 5 heteroatoms. The summed E-state index contributed by atoms with van der Waals surface area (Å²) in [6, 6.07) is 15.1. The minimum absolute atomic E-state index is 0.214. The number of aromatic nitrogens is 3. The normalized spacial score (nSPS) is 10.6. The minimum atomic E-state index is -0.510. The molecule has 1 aromatic heterocycles. The van der Waals surface area contributed by atoms with Gasteiger partial charge in [-0.2, -0.15) is 0 Å². The van der Waals surface area contributed by atoms with Crippen LogP contribution in [0, 0.1) is 20.8 Å². The van der Waals surface area contributed by atoms with E-state index < -0.39 is 5.97 Å². The van der Waals surface area contributed by atoms with Crippen LogP contribution in [0.15, 0.2) is 48.5 Å². The Kier molecular flexibility index (Phi) is 3.93. The first-order valence-electron chi connectivity index (χ1n) is 7.33. The molecule has 0 saturated heterocycles. The number of nitrogens with zero attached hydrogens (tertiary/aromatic N) is 3. The van der Waals surface area contributed by atoms with Crippen molar-refractivity contribution in [2.24, 2.45) is 0 Å². The summed E-state index contributed by atoms with van der Waals surface area (Å²) in [6.07, 6.45) is 0. The quantitative estimate of drug-likeness (QED) is 0.549. The number of esters is 1. The van der Waals surface area contributed by atoms with Gasteiger partial charge in [-0.05, 0) is 45.0 Å². The van der Waals surface area contributed by atoms with Crippen LogP contribution in [0.2, 0.25) is 0 Å². The Balaban J connectivity index is 1.85. The van der Waals surface area contributed by atoms with Crippen LogP contribution in [-0.4, -0.2) is 21.0 Å². The molecule has 0 N–H and O–H groups in total. The van der Waals surface area contributed by atoms with Gasteiger partial charge in [-0.1, -0.05) is 40.6 Å². The van der Waals surface area contributed by atoms with E-state index in [-0.39, 0.29) is 5.69 Å². The number of ether oxygens (including phenoxy) is 1. The molecule has 0 fully saturated rings. The van der Waals surface area contributed by atoms with E-state index in [9.17, 15) is 4.79 Å². The number of hydrogen-bond acceptors (Lipinski definition) is 4. The van der Waals surface area contributed by atoms with E-state index in [2.05, 4.69) is 10.3 Å². The third-order valence-corrected chi connectivity index (χ3v) is 3.60. The van der Waals surface area contributed by atoms with Crippen molar-refractivity contribution in [3.05, 3.63) is 71.0 Å². The third-order valence-electron chi connectivity index (χ3n) is 3.60. The Labute approximate surface area is 134 Å². The van der Waals surface area contributed by atoms with Gasteiger partial charge in [-0.3, -0.25) is 0 Å². The molecule has 0 amide bonds. The summed E-state index contributed by atoms with van der Waals surface area (Å²) in [5, 5.41) is 8.02. The van der Waals surface area contributed by atoms with Crippen LogP contribution < -0.4 is 4.74 Å². The zero-order chi connectivity index (χ0) is 16.4. The standard InChI is InChI=1S/C18H17N3O2/c1-12-4-8-15(9-5-12)21-14(3)17(19-20-21)18(22)23-16-10-6-13(2)7-11-16/h4-11H,1-3H3. The van der Waals surface area contributed by atoms with E-state index in [1.807, 2.05) is 50.2 Å². The summed E-state index contributed by atoms with van der Waals surface area (Å²) in [4.78, 5) is 12.3. The van der Waals surface area contributed by atoms with Gasteiger partial charge in [0.15, 0.2) is 5.69 Å². The molecule has 0 bridgehead atoms. The summed E-state index contributed by atoms with van der Waals surface area (Å²) < 4.78 is 6.98. The molecule has 0 spiro atoms. The fourth-order valence-corrected chi connectivity index (χ4v) is 2.21. The summed E-state index contributed by atoms with van der Waals surface area (Å²) >= 11 is 0. The largest absolute Gasteiger partial charge is 0.422 e. The van der Waals surface area contributed by atoms with Crippen molar-refractivity contribution >= 4 is 5.97 Å². The second kappa shape index (κ2) is 6.04. The summed E-state index contributed by atoms with van der Waals surface area (Å²) in [5.74, 6) is -0.0189. The van der Waals surface area contributed by atoms with Gasteiger partial charge in [-0.15, -0.1) is 5.10 Å². The van der Waals surface area contributed by atoms with Crippen molar-refractivity contribution in [3.8, 4) is 11.4 Å². The lowest BCUT2D eigenvalue weighted by Gasteiger charge is -2.05. The van der Waals surface area contributed by atoms with Gasteiger partial charge in [0, 0.05) is 0 Å². The summed E-state index contributed by atoms with van der Waals surface area (Å²) in [7, 11) is 0. The van der Waals surface area contributed by atoms with Crippen LogP contribution in [0.25, 0.3) is 5.69 Å². The van der Waals surface area contributed by atoms with E-state index in [1.165, 1.54) is 0 Å². The van der Waals surface area contributed by atoms with Crippen molar-refractivity contribution in [1.29, 1.82) is 0 Å². The molecule has 0 saturated carbocycles. The van der Waals surface area contributed by atoms with Gasteiger partial charge in [0.25, 0.3) is 0 Å². The Hall–Kier alpha value is -2.95. The topological polar surface area (TPSA) is 57.0 Å². The molecule has 0 aliphatic heterocycles. The second-order valence-electron chi connectivity index (χ2n) is 5.47. The average Bonchev–Trinajstić information content (AvgIpc) is 2.92. The second-order valence-corrected chi connectivity index (χ2v) is 5.47. The predicted octanol–water partition coefficient (Wildman–Crippen LogP) is 3.41. The van der Waals surface area contributed by atoms with Gasteiger partial charge in [-0.25, -0.2) is 9.48 Å². The number of aryl methyl sites for hydroxylation is 2. The maximum atomic E-state index is 12.3. The fraction of sp³-hybridized carbons (Fsp3) is 0.167. The summed E-state index contributed by atoms with van der Waals surface area (Å²) in [5.41, 5.74) is 3.98. The highest BCUT2D eigenvalue weighted by Crippen LogP contribution is 2.16. The number of carbonyl (C=O) groups excluding carboxylic acids is 1. The van der Waals surface area contributed by atoms with Gasteiger partial charge >= 0.3 is 5.97 Å². The first-order chi connectivity index (χ1) is 11.0. The maximum Gasteiger partial charge on any atom is 0.366 e. The molecular formula is C18H17N3O2. The van der Waals surface area contributed by atoms with Crippen molar-refractivity contribution in [1.82, 2.24) is 15.0 Å². The van der Waals surface area contributed by atoms with Crippen LogP contribution >= 0.6 is 0 Å². The van der Waals surface area contributed by atoms with Crippen LogP contribution in [-0.2, 0) is 0 Å². The highest BCUT2D eigenvalue weighted by atomic mass is 16.5. The van der Waals surface area contributed by atoms with E-state index in [1.54, 1.807) is 23.7 Å². The highest BCUT2D eigenvalue weighted by molar-refractivity contribution is 5.90. The Morgan fingerprint density at radius 1 is 0.913 bits per heavy atom. The Morgan fingerprint density at radius 2 is 1.48 bits per heavy atom. The van der Waals surface area contributed by atoms with E-state index in [4.69, 9.17) is 4.74 Å². The molecule has 1 heterocycles. The number of carbonyl (C=O) groups is 1. The Bertz CT molecular complexity index is 834. The third kappa shape index (κ3) is 3.13. The fourth-order valence-electron chi connectivity index (χ4n) is 2.21. The monoisotopic (exact) mass is 307 g/mol. The first kappa shape index (κ1) is 15.0. The van der Waals surface area contributed by atoms with Gasteiger partial charge in [0.2, 0.25) is 0 Å². The number of hydrogen-bond donors (Lipinski definition) is 0. The molecular weight excluding hydrogens is 290 g/mol. The van der Waals surface area contributed by atoms with Crippen molar-refractivity contribution in [2.45, 2.75) is 20.8 Å². The number of benzene rings is 2. The van der Waals surface area contributed by atoms with Crippen LogP contribution in [0.3, 0.4) is 0 Å². The first-order valence-corrected chi connectivity index (χ1v) is 7.33. The molecule has 0 atom stereocenters. The molecule has 0 radical (unpaired) electrons. The molecule has 3 aromatic rings. The molecule has 3 rings (SSSR count). The van der Waals surface area contributed by atoms with E-state index >= 15 is 0 Å². The van der Waals surface area contributed by atoms with Crippen LogP contribution in [0.4, 0.5) is 0 Å². The summed E-state index contributed by atoms with van der Waals surface area (Å²) in [6.45, 7) is 5.79. The van der Waals surface area contributed by atoms with Gasteiger partial charge in [0.1, 0.15) is 5.75 Å². The lowest BCUT2D eigenvalue weighted by Crippen LogP contribution is -2.11. The van der Waals surface area contributed by atoms with E-state index in [0.29, 0.717) is 11.4 Å². The molecule has 5 nitrogen and oxygen atoms in total. The Morgan fingerprint density at radius 3 is 2.09 bits per heavy atom. The number of rotatable bonds is 3. The molecule has 0 aliphatic carbocycles. The van der Waals surface area contributed by atoms with Gasteiger partial charge in [0.05, 0.1) is 11.4 Å². The van der Waals surface area contributed by atoms with Gasteiger partial charge < -0.3 is 4.74 Å². The molecule has 0 unspecified atom stereocenters. The smallest absolute Gasteiger partial charge is 0.366 e. The minimum Gasteiger partial charge on any atom is -0.422 e. The lowest BCUT2D eigenvalue weighted by molar-refractivity contribution is 0.0727. The maximum absolute atomic E-state index is 12.3. The average molecular weight is 307 g/mol. The molecule has 0 aliphatic rings. The SMILES string of the molecule is Cc1ccc(OC(=O)c2nnn(-c3ccc(C)cc3)c2C)cc1. The van der Waals surface area contributed by atoms with Crippen LogP contribution in [0.1, 0.15) is 27.3 Å². The zero-order valence-corrected chi connectivity index (χ0v) is 13.3. The highest BCUT2D eigenvalue weighted by Gasteiger charge is 2.19.